The molecule has 4 N–H and O–H groups in total. The molecule has 5 nitrogen and oxygen atoms in total. The molecule has 2 aromatic rings. The second kappa shape index (κ2) is 5.45. The van der Waals surface area contributed by atoms with Crippen LogP contribution in [-0.2, 0) is 6.54 Å². The minimum absolute atomic E-state index is 0.254. The van der Waals surface area contributed by atoms with Gasteiger partial charge in [-0.2, -0.15) is 0 Å². The highest BCUT2D eigenvalue weighted by Crippen LogP contribution is 2.20. The maximum Gasteiger partial charge on any atom is 0.263 e. The van der Waals surface area contributed by atoms with Crippen molar-refractivity contribution in [1.29, 1.82) is 0 Å². The number of halogens is 1. The van der Waals surface area contributed by atoms with E-state index in [4.69, 9.17) is 5.73 Å². The van der Waals surface area contributed by atoms with Gasteiger partial charge in [0.2, 0.25) is 0 Å². The number of pyridine rings is 1. The standard InChI is InChI=1S/C13H12FN3O2/c14-9-2-1-3-10(18)12(9)13(19)17-11-5-4-8(6-15)7-16-11/h1-5,7,18H,6,15H2,(H,16,17,19). The molecule has 0 aliphatic carbocycles. The maximum absolute atomic E-state index is 13.5. The van der Waals surface area contributed by atoms with Crippen molar-refractivity contribution in [2.75, 3.05) is 5.32 Å². The first-order chi connectivity index (χ1) is 9.11. The molecule has 1 aromatic heterocycles. The first-order valence-corrected chi connectivity index (χ1v) is 5.55. The van der Waals surface area contributed by atoms with Crippen LogP contribution >= 0.6 is 0 Å². The zero-order chi connectivity index (χ0) is 13.8. The van der Waals surface area contributed by atoms with E-state index >= 15 is 0 Å². The molecule has 1 heterocycles. The van der Waals surface area contributed by atoms with Crippen LogP contribution in [0.5, 0.6) is 5.75 Å². The quantitative estimate of drug-likeness (QED) is 0.783. The number of nitrogens with two attached hydrogens (primary N) is 1. The van der Waals surface area contributed by atoms with E-state index in [2.05, 4.69) is 10.3 Å². The Morgan fingerprint density at radius 3 is 2.74 bits per heavy atom. The Balaban J connectivity index is 2.21. The van der Waals surface area contributed by atoms with Gasteiger partial charge in [0, 0.05) is 12.7 Å². The van der Waals surface area contributed by atoms with Gasteiger partial charge in [-0.1, -0.05) is 12.1 Å². The largest absolute Gasteiger partial charge is 0.507 e. The molecule has 0 unspecified atom stereocenters. The minimum Gasteiger partial charge on any atom is -0.507 e. The number of phenols is 1. The normalized spacial score (nSPS) is 10.2. The van der Waals surface area contributed by atoms with Gasteiger partial charge in [0.1, 0.15) is 22.9 Å². The summed E-state index contributed by atoms with van der Waals surface area (Å²) in [7, 11) is 0. The predicted molar refractivity (Wildman–Crippen MR) is 68.1 cm³/mol. The molecule has 2 rings (SSSR count). The molecule has 0 bridgehead atoms. The van der Waals surface area contributed by atoms with Gasteiger partial charge in [-0.25, -0.2) is 9.37 Å². The number of phenolic OH excluding ortho intramolecular Hbond substituents is 1. The van der Waals surface area contributed by atoms with E-state index in [-0.39, 0.29) is 5.82 Å². The highest BCUT2D eigenvalue weighted by molar-refractivity contribution is 6.05. The number of nitrogens with zero attached hydrogens (tertiary/aromatic N) is 1. The fourth-order valence-electron chi connectivity index (χ4n) is 1.54. The second-order valence-corrected chi connectivity index (χ2v) is 3.84. The van der Waals surface area contributed by atoms with Crippen molar-refractivity contribution in [1.82, 2.24) is 4.98 Å². The van der Waals surface area contributed by atoms with Gasteiger partial charge in [0.15, 0.2) is 0 Å². The predicted octanol–water partition coefficient (Wildman–Crippen LogP) is 1.64. The van der Waals surface area contributed by atoms with Gasteiger partial charge >= 0.3 is 0 Å². The van der Waals surface area contributed by atoms with Crippen molar-refractivity contribution in [3.8, 4) is 5.75 Å². The minimum atomic E-state index is -0.795. The van der Waals surface area contributed by atoms with E-state index in [0.717, 1.165) is 11.6 Å². The van der Waals surface area contributed by atoms with Crippen molar-refractivity contribution < 1.29 is 14.3 Å². The van der Waals surface area contributed by atoms with Gasteiger partial charge in [0.05, 0.1) is 0 Å². The Bertz CT molecular complexity index is 579. The molecule has 1 aromatic carbocycles. The highest BCUT2D eigenvalue weighted by atomic mass is 19.1. The Kier molecular flexibility index (Phi) is 3.72. The molecule has 0 spiro atoms. The number of rotatable bonds is 3. The molecular formula is C13H12FN3O2. The van der Waals surface area contributed by atoms with Crippen molar-refractivity contribution >= 4 is 11.7 Å². The van der Waals surface area contributed by atoms with E-state index in [1.807, 2.05) is 0 Å². The topological polar surface area (TPSA) is 88.2 Å². The van der Waals surface area contributed by atoms with Gasteiger partial charge < -0.3 is 16.2 Å². The summed E-state index contributed by atoms with van der Waals surface area (Å²) >= 11 is 0. The number of carbonyl (C=O) groups is 1. The third kappa shape index (κ3) is 2.86. The summed E-state index contributed by atoms with van der Waals surface area (Å²) in [6, 6.07) is 6.90. The summed E-state index contributed by atoms with van der Waals surface area (Å²) in [5.74, 6) is -1.72. The molecule has 0 saturated heterocycles. The summed E-state index contributed by atoms with van der Waals surface area (Å²) in [5.41, 5.74) is 5.82. The van der Waals surface area contributed by atoms with Crippen molar-refractivity contribution in [3.05, 3.63) is 53.5 Å². The molecule has 0 aliphatic heterocycles. The molecule has 19 heavy (non-hydrogen) atoms. The lowest BCUT2D eigenvalue weighted by molar-refractivity contribution is 0.102. The summed E-state index contributed by atoms with van der Waals surface area (Å²) in [5, 5.41) is 11.9. The number of benzene rings is 1. The molecule has 0 atom stereocenters. The lowest BCUT2D eigenvalue weighted by atomic mass is 10.1. The fourth-order valence-corrected chi connectivity index (χ4v) is 1.54. The van der Waals surface area contributed by atoms with Crippen LogP contribution in [0.4, 0.5) is 10.2 Å². The van der Waals surface area contributed by atoms with Crippen molar-refractivity contribution in [3.63, 3.8) is 0 Å². The smallest absolute Gasteiger partial charge is 0.263 e. The Hall–Kier alpha value is -2.47. The average molecular weight is 261 g/mol. The summed E-state index contributed by atoms with van der Waals surface area (Å²) in [4.78, 5) is 15.8. The number of anilines is 1. The van der Waals surface area contributed by atoms with Gasteiger partial charge in [-0.15, -0.1) is 0 Å². The van der Waals surface area contributed by atoms with E-state index in [1.54, 1.807) is 12.1 Å². The number of carbonyl (C=O) groups excluding carboxylic acids is 1. The second-order valence-electron chi connectivity index (χ2n) is 3.84. The SMILES string of the molecule is NCc1ccc(NC(=O)c2c(O)cccc2F)nc1. The van der Waals surface area contributed by atoms with Gasteiger partial charge in [-0.05, 0) is 23.8 Å². The van der Waals surface area contributed by atoms with Crippen LogP contribution in [0.1, 0.15) is 15.9 Å². The number of aromatic nitrogens is 1. The molecular weight excluding hydrogens is 249 g/mol. The van der Waals surface area contributed by atoms with Crippen molar-refractivity contribution in [2.24, 2.45) is 5.73 Å². The summed E-state index contributed by atoms with van der Waals surface area (Å²) < 4.78 is 13.5. The summed E-state index contributed by atoms with van der Waals surface area (Å²) in [6.07, 6.45) is 1.51. The number of aromatic hydroxyl groups is 1. The van der Waals surface area contributed by atoms with E-state index < -0.39 is 23.0 Å². The number of hydrogen-bond acceptors (Lipinski definition) is 4. The molecule has 1 amide bonds. The van der Waals surface area contributed by atoms with Crippen LogP contribution in [-0.4, -0.2) is 16.0 Å². The van der Waals surface area contributed by atoms with Gasteiger partial charge in [-0.3, -0.25) is 4.79 Å². The highest BCUT2D eigenvalue weighted by Gasteiger charge is 2.16. The van der Waals surface area contributed by atoms with E-state index in [0.29, 0.717) is 6.54 Å². The van der Waals surface area contributed by atoms with Crippen LogP contribution in [0.25, 0.3) is 0 Å². The third-order valence-electron chi connectivity index (χ3n) is 2.52. The number of amides is 1. The maximum atomic E-state index is 13.5. The van der Waals surface area contributed by atoms with E-state index in [9.17, 15) is 14.3 Å². The Morgan fingerprint density at radius 2 is 2.16 bits per heavy atom. The first kappa shape index (κ1) is 13.0. The molecule has 0 fully saturated rings. The monoisotopic (exact) mass is 261 g/mol. The Morgan fingerprint density at radius 1 is 1.37 bits per heavy atom. The van der Waals surface area contributed by atoms with Crippen LogP contribution in [0.15, 0.2) is 36.5 Å². The number of hydrogen-bond donors (Lipinski definition) is 3. The first-order valence-electron chi connectivity index (χ1n) is 5.55. The molecule has 0 aliphatic rings. The molecule has 6 heteroatoms. The lowest BCUT2D eigenvalue weighted by Crippen LogP contribution is -2.15. The lowest BCUT2D eigenvalue weighted by Gasteiger charge is -2.07. The van der Waals surface area contributed by atoms with Crippen LogP contribution < -0.4 is 11.1 Å². The zero-order valence-electron chi connectivity index (χ0n) is 9.93. The van der Waals surface area contributed by atoms with E-state index in [1.165, 1.54) is 18.3 Å². The van der Waals surface area contributed by atoms with Crippen LogP contribution in [0, 0.1) is 5.82 Å². The molecule has 0 radical (unpaired) electrons. The number of nitrogens with one attached hydrogen (secondary N) is 1. The van der Waals surface area contributed by atoms with Crippen molar-refractivity contribution in [2.45, 2.75) is 6.54 Å². The summed E-state index contributed by atoms with van der Waals surface area (Å²) in [6.45, 7) is 0.343. The Labute approximate surface area is 108 Å². The van der Waals surface area contributed by atoms with Crippen LogP contribution in [0.2, 0.25) is 0 Å². The van der Waals surface area contributed by atoms with Gasteiger partial charge in [0.25, 0.3) is 5.91 Å². The average Bonchev–Trinajstić information content (AvgIpc) is 2.39. The molecule has 98 valence electrons. The zero-order valence-corrected chi connectivity index (χ0v) is 9.93. The van der Waals surface area contributed by atoms with Crippen LogP contribution in [0.3, 0.4) is 0 Å². The molecule has 0 saturated carbocycles. The third-order valence-corrected chi connectivity index (χ3v) is 2.52. The fraction of sp³-hybridized carbons (Fsp3) is 0.0769.